The van der Waals surface area contributed by atoms with E-state index in [-0.39, 0.29) is 23.8 Å². The lowest BCUT2D eigenvalue weighted by Gasteiger charge is -2.31. The van der Waals surface area contributed by atoms with Crippen LogP contribution in [0.5, 0.6) is 5.75 Å². The van der Waals surface area contributed by atoms with E-state index in [0.717, 1.165) is 12.8 Å². The van der Waals surface area contributed by atoms with E-state index in [4.69, 9.17) is 9.15 Å². The van der Waals surface area contributed by atoms with E-state index >= 15 is 0 Å². The second-order valence-electron chi connectivity index (χ2n) is 8.98. The predicted octanol–water partition coefficient (Wildman–Crippen LogP) is 4.02. The van der Waals surface area contributed by atoms with Crippen LogP contribution in [0.25, 0.3) is 6.08 Å². The first kappa shape index (κ1) is 22.7. The third-order valence-electron chi connectivity index (χ3n) is 5.54. The van der Waals surface area contributed by atoms with Crippen LogP contribution in [0.2, 0.25) is 0 Å². The summed E-state index contributed by atoms with van der Waals surface area (Å²) in [6.45, 7) is 8.48. The molecule has 2 heterocycles. The second-order valence-corrected chi connectivity index (χ2v) is 8.98. The molecule has 1 aliphatic heterocycles. The van der Waals surface area contributed by atoms with Crippen molar-refractivity contribution >= 4 is 17.9 Å². The smallest absolute Gasteiger partial charge is 0.257 e. The van der Waals surface area contributed by atoms with Crippen LogP contribution in [0, 0.1) is 5.92 Å². The number of nitrogens with zero attached hydrogens (tertiary/aromatic N) is 1. The van der Waals surface area contributed by atoms with Gasteiger partial charge in [-0.25, -0.2) is 0 Å². The number of hydrogen-bond donors (Lipinski definition) is 1. The molecule has 1 aromatic carbocycles. The molecule has 166 valence electrons. The summed E-state index contributed by atoms with van der Waals surface area (Å²) in [6, 6.07) is 11.5. The third kappa shape index (κ3) is 7.02. The van der Waals surface area contributed by atoms with Crippen molar-refractivity contribution in [2.75, 3.05) is 26.2 Å². The molecule has 0 atom stereocenters. The number of rotatable bonds is 7. The summed E-state index contributed by atoms with van der Waals surface area (Å²) >= 11 is 0. The molecule has 2 aromatic rings. The summed E-state index contributed by atoms with van der Waals surface area (Å²) in [5.41, 5.74) is 1.32. The number of ether oxygens (including phenoxy) is 1. The summed E-state index contributed by atoms with van der Waals surface area (Å²) < 4.78 is 10.8. The van der Waals surface area contributed by atoms with E-state index in [1.807, 2.05) is 35.2 Å². The predicted molar refractivity (Wildman–Crippen MR) is 121 cm³/mol. The fraction of sp³-hybridized carbons (Fsp3) is 0.440. The molecule has 1 aliphatic rings. The van der Waals surface area contributed by atoms with Crippen LogP contribution >= 0.6 is 0 Å². The van der Waals surface area contributed by atoms with Gasteiger partial charge in [0.1, 0.15) is 11.5 Å². The highest BCUT2D eigenvalue weighted by atomic mass is 16.5. The van der Waals surface area contributed by atoms with Gasteiger partial charge in [-0.2, -0.15) is 0 Å². The highest BCUT2D eigenvalue weighted by molar-refractivity contribution is 5.91. The van der Waals surface area contributed by atoms with E-state index in [1.165, 1.54) is 5.56 Å². The number of hydrogen-bond acceptors (Lipinski definition) is 4. The molecule has 31 heavy (non-hydrogen) atoms. The van der Waals surface area contributed by atoms with Crippen LogP contribution in [0.15, 0.2) is 53.2 Å². The van der Waals surface area contributed by atoms with Gasteiger partial charge in [0, 0.05) is 25.7 Å². The Morgan fingerprint density at radius 3 is 2.48 bits per heavy atom. The van der Waals surface area contributed by atoms with Crippen molar-refractivity contribution in [1.82, 2.24) is 10.2 Å². The Balaban J connectivity index is 1.33. The van der Waals surface area contributed by atoms with Crippen LogP contribution in [-0.4, -0.2) is 43.0 Å². The van der Waals surface area contributed by atoms with Gasteiger partial charge in [-0.1, -0.05) is 32.9 Å². The SMILES string of the molecule is CC(C)(C)c1ccc(OCC(=O)NCC2CCN(C(=O)/C=C/c3ccco3)CC2)cc1. The lowest BCUT2D eigenvalue weighted by atomic mass is 9.87. The molecule has 2 amide bonds. The van der Waals surface area contributed by atoms with E-state index in [1.54, 1.807) is 24.5 Å². The normalized spacial score (nSPS) is 15.3. The Kier molecular flexibility index (Phi) is 7.55. The van der Waals surface area contributed by atoms with Gasteiger partial charge >= 0.3 is 0 Å². The topological polar surface area (TPSA) is 71.8 Å². The number of nitrogens with one attached hydrogen (secondary N) is 1. The number of piperidine rings is 1. The van der Waals surface area contributed by atoms with Gasteiger partial charge < -0.3 is 19.4 Å². The molecule has 1 fully saturated rings. The van der Waals surface area contributed by atoms with Crippen LogP contribution in [0.1, 0.15) is 44.9 Å². The molecule has 6 heteroatoms. The summed E-state index contributed by atoms with van der Waals surface area (Å²) in [7, 11) is 0. The molecule has 0 aliphatic carbocycles. The van der Waals surface area contributed by atoms with Gasteiger partial charge in [0.25, 0.3) is 5.91 Å². The van der Waals surface area contributed by atoms with Gasteiger partial charge in [-0.05, 0) is 60.1 Å². The zero-order valence-electron chi connectivity index (χ0n) is 18.6. The van der Waals surface area contributed by atoms with Crippen molar-refractivity contribution in [1.29, 1.82) is 0 Å². The van der Waals surface area contributed by atoms with Crippen LogP contribution in [0.3, 0.4) is 0 Å². The van der Waals surface area contributed by atoms with Crippen LogP contribution in [0.4, 0.5) is 0 Å². The average Bonchev–Trinajstić information content (AvgIpc) is 3.28. The Morgan fingerprint density at radius 1 is 1.16 bits per heavy atom. The third-order valence-corrected chi connectivity index (χ3v) is 5.54. The fourth-order valence-electron chi connectivity index (χ4n) is 3.51. The van der Waals surface area contributed by atoms with E-state index < -0.39 is 0 Å². The highest BCUT2D eigenvalue weighted by Crippen LogP contribution is 2.24. The minimum Gasteiger partial charge on any atom is -0.484 e. The largest absolute Gasteiger partial charge is 0.484 e. The first-order valence-corrected chi connectivity index (χ1v) is 10.8. The molecule has 0 unspecified atom stereocenters. The molecular formula is C25H32N2O4. The van der Waals surface area contributed by atoms with Crippen LogP contribution < -0.4 is 10.1 Å². The van der Waals surface area contributed by atoms with Crippen molar-refractivity contribution < 1.29 is 18.7 Å². The number of amides is 2. The van der Waals surface area contributed by atoms with Gasteiger partial charge in [-0.3, -0.25) is 9.59 Å². The molecule has 0 spiro atoms. The first-order valence-electron chi connectivity index (χ1n) is 10.8. The molecule has 0 bridgehead atoms. The second kappa shape index (κ2) is 10.3. The van der Waals surface area contributed by atoms with Gasteiger partial charge in [0.05, 0.1) is 6.26 Å². The van der Waals surface area contributed by atoms with E-state index in [2.05, 4.69) is 26.1 Å². The Bertz CT molecular complexity index is 871. The lowest BCUT2D eigenvalue weighted by molar-refractivity contribution is -0.128. The maximum absolute atomic E-state index is 12.3. The molecule has 6 nitrogen and oxygen atoms in total. The quantitative estimate of drug-likeness (QED) is 0.682. The standard InChI is InChI=1S/C25H32N2O4/c1-25(2,3)20-6-8-22(9-7-20)31-18-23(28)26-17-19-12-14-27(15-13-19)24(29)11-10-21-5-4-16-30-21/h4-11,16,19H,12-15,17-18H2,1-3H3,(H,26,28)/b11-10+. The van der Waals surface area contributed by atoms with Gasteiger partial charge in [-0.15, -0.1) is 0 Å². The minimum atomic E-state index is -0.125. The molecule has 1 saturated heterocycles. The fourth-order valence-corrected chi connectivity index (χ4v) is 3.51. The summed E-state index contributed by atoms with van der Waals surface area (Å²) in [6.07, 6.45) is 6.56. The van der Waals surface area contributed by atoms with Gasteiger partial charge in [0.2, 0.25) is 5.91 Å². The first-order chi connectivity index (χ1) is 14.8. The van der Waals surface area contributed by atoms with Crippen molar-refractivity contribution in [2.45, 2.75) is 39.0 Å². The van der Waals surface area contributed by atoms with Crippen molar-refractivity contribution in [3.8, 4) is 5.75 Å². The molecule has 0 radical (unpaired) electrons. The van der Waals surface area contributed by atoms with Gasteiger partial charge in [0.15, 0.2) is 6.61 Å². The highest BCUT2D eigenvalue weighted by Gasteiger charge is 2.22. The Labute approximate surface area is 184 Å². The lowest BCUT2D eigenvalue weighted by Crippen LogP contribution is -2.41. The molecule has 0 saturated carbocycles. The number of likely N-dealkylation sites (tertiary alicyclic amines) is 1. The van der Waals surface area contributed by atoms with Crippen molar-refractivity contribution in [3.05, 3.63) is 60.1 Å². The Morgan fingerprint density at radius 2 is 1.87 bits per heavy atom. The number of carbonyl (C=O) groups excluding carboxylic acids is 2. The number of benzene rings is 1. The maximum atomic E-state index is 12.3. The zero-order chi connectivity index (χ0) is 22.3. The van der Waals surface area contributed by atoms with Crippen molar-refractivity contribution in [2.24, 2.45) is 5.92 Å². The summed E-state index contributed by atoms with van der Waals surface area (Å²) in [5, 5.41) is 2.95. The monoisotopic (exact) mass is 424 g/mol. The summed E-state index contributed by atoms with van der Waals surface area (Å²) in [4.78, 5) is 26.2. The molecular weight excluding hydrogens is 392 g/mol. The molecule has 3 rings (SSSR count). The average molecular weight is 425 g/mol. The minimum absolute atomic E-state index is 0.00374. The zero-order valence-corrected chi connectivity index (χ0v) is 18.6. The van der Waals surface area contributed by atoms with Crippen LogP contribution in [-0.2, 0) is 15.0 Å². The Hall–Kier alpha value is -3.02. The number of furan rings is 1. The van der Waals surface area contributed by atoms with E-state index in [9.17, 15) is 9.59 Å². The summed E-state index contributed by atoms with van der Waals surface area (Å²) in [5.74, 6) is 1.59. The van der Waals surface area contributed by atoms with Crippen molar-refractivity contribution in [3.63, 3.8) is 0 Å². The van der Waals surface area contributed by atoms with E-state index in [0.29, 0.717) is 37.1 Å². The number of carbonyl (C=O) groups is 2. The maximum Gasteiger partial charge on any atom is 0.257 e. The molecule has 1 N–H and O–H groups in total. The molecule has 1 aromatic heterocycles.